The minimum atomic E-state index is -0.494. The second-order valence-corrected chi connectivity index (χ2v) is 10.1. The van der Waals surface area contributed by atoms with E-state index in [1.807, 2.05) is 18.2 Å². The zero-order valence-electron chi connectivity index (χ0n) is 18.2. The van der Waals surface area contributed by atoms with Crippen LogP contribution in [0.3, 0.4) is 0 Å². The Morgan fingerprint density at radius 2 is 1.83 bits per heavy atom. The lowest BCUT2D eigenvalue weighted by molar-refractivity contribution is -0.123. The number of hydrogen-bond donors (Lipinski definition) is 0. The van der Waals surface area contributed by atoms with Gasteiger partial charge in [-0.2, -0.15) is 0 Å². The zero-order chi connectivity index (χ0) is 25.1. The van der Waals surface area contributed by atoms with E-state index in [0.29, 0.717) is 32.1 Å². The molecule has 1 saturated heterocycles. The molecule has 3 aromatic carbocycles. The second-order valence-electron chi connectivity index (χ2n) is 7.42. The average Bonchev–Trinajstić information content (AvgIpc) is 3.08. The van der Waals surface area contributed by atoms with Crippen molar-refractivity contribution < 1.29 is 23.5 Å². The van der Waals surface area contributed by atoms with Crippen molar-refractivity contribution in [3.05, 3.63) is 96.5 Å². The van der Waals surface area contributed by atoms with Gasteiger partial charge in [-0.1, -0.05) is 47.5 Å². The van der Waals surface area contributed by atoms with E-state index < -0.39 is 17.0 Å². The molecule has 10 heteroatoms. The van der Waals surface area contributed by atoms with Crippen molar-refractivity contribution in [3.8, 4) is 11.5 Å². The van der Waals surface area contributed by atoms with Crippen LogP contribution in [0.1, 0.15) is 16.7 Å². The Kier molecular flexibility index (Phi) is 8.06. The quantitative estimate of drug-likeness (QED) is 0.261. The number of thioether (sulfide) groups is 1. The molecule has 0 atom stereocenters. The van der Waals surface area contributed by atoms with E-state index in [4.69, 9.17) is 32.7 Å². The summed E-state index contributed by atoms with van der Waals surface area (Å²) >= 11 is 16.6. The topological polar surface area (TPSA) is 55.8 Å². The molecule has 0 aliphatic carbocycles. The number of benzene rings is 3. The van der Waals surface area contributed by atoms with Crippen LogP contribution in [0, 0.1) is 5.82 Å². The van der Waals surface area contributed by atoms with Crippen LogP contribution in [0.5, 0.6) is 11.5 Å². The SMILES string of the molecule is COc1cc(/C=C2\SC(=O)N(Cc3ccc(F)cc3Cl)C2=O)cc(Br)c1OCc1ccccc1Cl. The van der Waals surface area contributed by atoms with Crippen LogP contribution >= 0.6 is 50.9 Å². The maximum absolute atomic E-state index is 13.3. The summed E-state index contributed by atoms with van der Waals surface area (Å²) in [6, 6.07) is 14.7. The van der Waals surface area contributed by atoms with Crippen LogP contribution in [0.4, 0.5) is 9.18 Å². The Labute approximate surface area is 223 Å². The number of hydrogen-bond acceptors (Lipinski definition) is 5. The molecule has 3 aromatic rings. The summed E-state index contributed by atoms with van der Waals surface area (Å²) in [6.07, 6.45) is 1.60. The minimum Gasteiger partial charge on any atom is -0.493 e. The van der Waals surface area contributed by atoms with E-state index in [0.717, 1.165) is 28.3 Å². The van der Waals surface area contributed by atoms with Gasteiger partial charge in [0.15, 0.2) is 11.5 Å². The molecule has 4 rings (SSSR count). The molecule has 1 aliphatic rings. The number of imide groups is 1. The van der Waals surface area contributed by atoms with E-state index in [-0.39, 0.29) is 23.1 Å². The summed E-state index contributed by atoms with van der Waals surface area (Å²) in [5, 5.41) is 0.304. The van der Waals surface area contributed by atoms with Crippen LogP contribution in [0.2, 0.25) is 10.0 Å². The molecule has 0 radical (unpaired) electrons. The van der Waals surface area contributed by atoms with Crippen molar-refractivity contribution in [2.24, 2.45) is 0 Å². The first-order valence-corrected chi connectivity index (χ1v) is 12.6. The summed E-state index contributed by atoms with van der Waals surface area (Å²) in [5.74, 6) is -0.0419. The second kappa shape index (κ2) is 11.0. The number of amides is 2. The molecule has 1 heterocycles. The van der Waals surface area contributed by atoms with Crippen LogP contribution in [-0.2, 0) is 17.9 Å². The maximum atomic E-state index is 13.3. The van der Waals surface area contributed by atoms with Crippen molar-refractivity contribution in [2.75, 3.05) is 7.11 Å². The molecule has 35 heavy (non-hydrogen) atoms. The molecule has 0 aromatic heterocycles. The highest BCUT2D eigenvalue weighted by atomic mass is 79.9. The fourth-order valence-electron chi connectivity index (χ4n) is 3.34. The van der Waals surface area contributed by atoms with Gasteiger partial charge in [-0.05, 0) is 75.2 Å². The van der Waals surface area contributed by atoms with Gasteiger partial charge in [-0.25, -0.2) is 4.39 Å². The highest BCUT2D eigenvalue weighted by Gasteiger charge is 2.35. The molecule has 180 valence electrons. The Hall–Kier alpha value is -2.52. The molecular weight excluding hydrogens is 580 g/mol. The lowest BCUT2D eigenvalue weighted by atomic mass is 10.1. The third kappa shape index (κ3) is 5.83. The smallest absolute Gasteiger partial charge is 0.293 e. The number of nitrogens with zero attached hydrogens (tertiary/aromatic N) is 1. The highest BCUT2D eigenvalue weighted by molar-refractivity contribution is 9.10. The highest BCUT2D eigenvalue weighted by Crippen LogP contribution is 2.40. The van der Waals surface area contributed by atoms with E-state index in [9.17, 15) is 14.0 Å². The Morgan fingerprint density at radius 1 is 1.06 bits per heavy atom. The van der Waals surface area contributed by atoms with E-state index in [1.165, 1.54) is 19.2 Å². The van der Waals surface area contributed by atoms with Gasteiger partial charge < -0.3 is 9.47 Å². The van der Waals surface area contributed by atoms with Crippen LogP contribution < -0.4 is 9.47 Å². The van der Waals surface area contributed by atoms with Crippen molar-refractivity contribution >= 4 is 68.1 Å². The van der Waals surface area contributed by atoms with Crippen molar-refractivity contribution in [3.63, 3.8) is 0 Å². The number of carbonyl (C=O) groups excluding carboxylic acids is 2. The molecular formula is C25H17BrCl2FNO4S. The van der Waals surface area contributed by atoms with Gasteiger partial charge in [0.25, 0.3) is 11.1 Å². The first-order valence-electron chi connectivity index (χ1n) is 10.2. The lowest BCUT2D eigenvalue weighted by Gasteiger charge is -2.14. The molecule has 0 bridgehead atoms. The standard InChI is InChI=1S/C25H17BrCl2FNO4S/c1-33-21-9-14(8-18(26)23(21)34-13-16-4-2-3-5-19(16)27)10-22-24(31)30(25(32)35-22)12-15-6-7-17(29)11-20(15)28/h2-11H,12-13H2,1H3/b22-10-. The molecule has 5 nitrogen and oxygen atoms in total. The average molecular weight is 597 g/mol. The first kappa shape index (κ1) is 25.6. The van der Waals surface area contributed by atoms with Crippen LogP contribution in [0.25, 0.3) is 6.08 Å². The van der Waals surface area contributed by atoms with Crippen molar-refractivity contribution in [1.29, 1.82) is 0 Å². The predicted octanol–water partition coefficient (Wildman–Crippen LogP) is 7.72. The molecule has 0 saturated carbocycles. The van der Waals surface area contributed by atoms with Gasteiger partial charge in [0.2, 0.25) is 0 Å². The third-order valence-electron chi connectivity index (χ3n) is 5.10. The summed E-state index contributed by atoms with van der Waals surface area (Å²) in [7, 11) is 1.51. The summed E-state index contributed by atoms with van der Waals surface area (Å²) in [4.78, 5) is 26.7. The molecule has 1 aliphatic heterocycles. The van der Waals surface area contributed by atoms with Gasteiger partial charge >= 0.3 is 0 Å². The zero-order valence-corrected chi connectivity index (χ0v) is 22.1. The fraction of sp³-hybridized carbons (Fsp3) is 0.120. The minimum absolute atomic E-state index is 0.0526. The maximum Gasteiger partial charge on any atom is 0.293 e. The first-order chi connectivity index (χ1) is 16.8. The van der Waals surface area contributed by atoms with Gasteiger partial charge in [-0.15, -0.1) is 0 Å². The molecule has 0 spiro atoms. The van der Waals surface area contributed by atoms with Gasteiger partial charge in [0.05, 0.1) is 23.0 Å². The number of methoxy groups -OCH3 is 1. The molecule has 0 N–H and O–H groups in total. The van der Waals surface area contributed by atoms with Crippen LogP contribution in [-0.4, -0.2) is 23.2 Å². The number of ether oxygens (including phenoxy) is 2. The lowest BCUT2D eigenvalue weighted by Crippen LogP contribution is -2.27. The Balaban J connectivity index is 1.54. The molecule has 0 unspecified atom stereocenters. The number of halogens is 4. The molecule has 2 amide bonds. The van der Waals surface area contributed by atoms with E-state index in [2.05, 4.69) is 15.9 Å². The van der Waals surface area contributed by atoms with Crippen molar-refractivity contribution in [1.82, 2.24) is 4.90 Å². The molecule has 1 fully saturated rings. The van der Waals surface area contributed by atoms with Crippen LogP contribution in [0.15, 0.2) is 64.0 Å². The summed E-state index contributed by atoms with van der Waals surface area (Å²) in [6.45, 7) is 0.182. The van der Waals surface area contributed by atoms with Crippen molar-refractivity contribution in [2.45, 2.75) is 13.2 Å². The predicted molar refractivity (Wildman–Crippen MR) is 139 cm³/mol. The number of carbonyl (C=O) groups is 2. The summed E-state index contributed by atoms with van der Waals surface area (Å²) in [5.41, 5.74) is 1.92. The fourth-order valence-corrected chi connectivity index (χ4v) is 5.17. The number of rotatable bonds is 7. The normalized spacial score (nSPS) is 14.7. The summed E-state index contributed by atoms with van der Waals surface area (Å²) < 4.78 is 25.4. The Morgan fingerprint density at radius 3 is 2.54 bits per heavy atom. The van der Waals surface area contributed by atoms with E-state index in [1.54, 1.807) is 24.3 Å². The largest absolute Gasteiger partial charge is 0.493 e. The van der Waals surface area contributed by atoms with Gasteiger partial charge in [-0.3, -0.25) is 14.5 Å². The Bertz CT molecular complexity index is 1350. The van der Waals surface area contributed by atoms with Gasteiger partial charge in [0.1, 0.15) is 12.4 Å². The van der Waals surface area contributed by atoms with E-state index >= 15 is 0 Å². The van der Waals surface area contributed by atoms with Gasteiger partial charge in [0, 0.05) is 15.6 Å². The monoisotopic (exact) mass is 595 g/mol. The third-order valence-corrected chi connectivity index (χ3v) is 7.31.